The Labute approximate surface area is 266 Å². The topological polar surface area (TPSA) is 117 Å². The average Bonchev–Trinajstić information content (AvgIpc) is 3.72. The number of aldehydes is 1. The summed E-state index contributed by atoms with van der Waals surface area (Å²) in [6, 6.07) is 0. The van der Waals surface area contributed by atoms with Crippen LogP contribution in [0.25, 0.3) is 35.2 Å². The van der Waals surface area contributed by atoms with Crippen LogP contribution in [0.5, 0.6) is 0 Å². The molecule has 43 heavy (non-hydrogen) atoms. The van der Waals surface area contributed by atoms with Crippen molar-refractivity contribution in [1.29, 1.82) is 0 Å². The van der Waals surface area contributed by atoms with Gasteiger partial charge in [-0.25, -0.2) is 0 Å². The summed E-state index contributed by atoms with van der Waals surface area (Å²) < 4.78 is 5.12. The van der Waals surface area contributed by atoms with Crippen molar-refractivity contribution in [2.75, 3.05) is 7.11 Å². The molecular weight excluding hydrogens is 553 g/mol. The van der Waals surface area contributed by atoms with Gasteiger partial charge in [0.2, 0.25) is 0 Å². The SMILES string of the molecule is C=Cc1c2[n-]c(c1C)/C=C1\[N-]/C(=C3\c4[n-]c(c(C)c4C(=O)[C@@H]3C(=O)OC)/C=c3\[n-]/c(c(C=O)c3CC)=C\2)[C@@H](CC)[C@@H]1C.[Mg+2]. The number of fused-ring (bicyclic) bond motifs is 7. The second-order valence-electron chi connectivity index (χ2n) is 11.1. The van der Waals surface area contributed by atoms with E-state index in [1.54, 1.807) is 6.08 Å². The third-order valence-electron chi connectivity index (χ3n) is 9.07. The molecule has 9 heteroatoms. The zero-order valence-corrected chi connectivity index (χ0v) is 26.8. The van der Waals surface area contributed by atoms with Gasteiger partial charge in [0.25, 0.3) is 0 Å². The maximum atomic E-state index is 13.9. The third-order valence-corrected chi connectivity index (χ3v) is 9.07. The molecule has 1 saturated heterocycles. The molecule has 5 heterocycles. The minimum Gasteiger partial charge on any atom is -0.664 e. The van der Waals surface area contributed by atoms with Crippen LogP contribution in [0.1, 0.15) is 92.9 Å². The summed E-state index contributed by atoms with van der Waals surface area (Å²) in [5.74, 6) is -2.09. The molecule has 0 unspecified atom stereocenters. The number of carbonyl (C=O) groups is 3. The number of ketones is 1. The Morgan fingerprint density at radius 1 is 1.00 bits per heavy atom. The molecular formula is C34H32MgN4O4-2. The van der Waals surface area contributed by atoms with Crippen LogP contribution in [0.4, 0.5) is 0 Å². The molecule has 0 N–H and O–H groups in total. The second-order valence-corrected chi connectivity index (χ2v) is 11.1. The van der Waals surface area contributed by atoms with Crippen molar-refractivity contribution < 1.29 is 19.1 Å². The maximum absolute atomic E-state index is 13.9. The van der Waals surface area contributed by atoms with Crippen LogP contribution in [0.15, 0.2) is 18.0 Å². The Bertz CT molecular complexity index is 1900. The number of hydrogen-bond donors (Lipinski definition) is 0. The Morgan fingerprint density at radius 2 is 1.70 bits per heavy atom. The summed E-state index contributed by atoms with van der Waals surface area (Å²) >= 11 is 0. The van der Waals surface area contributed by atoms with Gasteiger partial charge in [0.15, 0.2) is 5.78 Å². The van der Waals surface area contributed by atoms with E-state index in [9.17, 15) is 14.4 Å². The Kier molecular flexibility index (Phi) is 8.09. The van der Waals surface area contributed by atoms with Crippen molar-refractivity contribution in [2.45, 2.75) is 47.5 Å². The molecule has 0 spiro atoms. The van der Waals surface area contributed by atoms with Crippen molar-refractivity contribution in [3.8, 4) is 0 Å². The minimum absolute atomic E-state index is 0. The first-order valence-electron chi connectivity index (χ1n) is 14.3. The van der Waals surface area contributed by atoms with Gasteiger partial charge in [0.1, 0.15) is 12.2 Å². The summed E-state index contributed by atoms with van der Waals surface area (Å²) in [6.07, 6.45) is 9.57. The number of esters is 1. The van der Waals surface area contributed by atoms with E-state index in [0.29, 0.717) is 62.2 Å². The molecule has 3 aliphatic rings. The van der Waals surface area contributed by atoms with Gasteiger partial charge >= 0.3 is 29.0 Å². The van der Waals surface area contributed by atoms with Gasteiger partial charge in [-0.15, -0.1) is 33.5 Å². The van der Waals surface area contributed by atoms with Crippen molar-refractivity contribution in [1.82, 2.24) is 15.0 Å². The van der Waals surface area contributed by atoms with Gasteiger partial charge in [-0.1, -0.05) is 80.3 Å². The summed E-state index contributed by atoms with van der Waals surface area (Å²) in [7, 11) is 1.29. The number of allylic oxidation sites excluding steroid dienone is 2. The van der Waals surface area contributed by atoms with E-state index in [1.165, 1.54) is 7.11 Å². The molecule has 0 aromatic carbocycles. The van der Waals surface area contributed by atoms with E-state index in [-0.39, 0.29) is 40.7 Å². The molecule has 3 atom stereocenters. The molecule has 8 bridgehead atoms. The van der Waals surface area contributed by atoms with Crippen LogP contribution >= 0.6 is 0 Å². The predicted molar refractivity (Wildman–Crippen MR) is 167 cm³/mol. The van der Waals surface area contributed by atoms with Crippen LogP contribution in [0, 0.1) is 31.6 Å². The van der Waals surface area contributed by atoms with E-state index in [4.69, 9.17) is 25.0 Å². The largest absolute Gasteiger partial charge is 2.00 e. The second kappa shape index (κ2) is 11.4. The fourth-order valence-electron chi connectivity index (χ4n) is 6.76. The van der Waals surface area contributed by atoms with Gasteiger partial charge < -0.3 is 25.0 Å². The number of methoxy groups -OCH3 is 1. The number of ether oxygens (including phenoxy) is 1. The molecule has 2 aliphatic heterocycles. The van der Waals surface area contributed by atoms with Crippen LogP contribution < -0.4 is 25.7 Å². The van der Waals surface area contributed by atoms with Gasteiger partial charge in [-0.3, -0.25) is 14.4 Å². The number of nitrogens with zero attached hydrogens (tertiary/aromatic N) is 4. The van der Waals surface area contributed by atoms with Gasteiger partial charge in [0.05, 0.1) is 7.11 Å². The number of carbonyl (C=O) groups excluding carboxylic acids is 3. The maximum Gasteiger partial charge on any atom is 2.00 e. The fraction of sp³-hybridized carbons (Fsp3) is 0.324. The standard InChI is InChI=1S/C34H33N4O4.Mg/c1-8-18-15(4)22-11-23-16(5)19(9-2)31(37-23)29-30(34(41)42-7)33(40)28-17(6)24(38-32(28)29)12-26-20(10-3)21(14-39)27(36-26)13-25(18)35-22;/h8,11-14,16,19,30H,1,9-10H2,2-7H3,(H-,37,38,39,40);/q-3;+2/p-1/b23-11-,27-13-;/t16-,19-,30+;/m0./s1. The average molecular weight is 585 g/mol. The molecule has 0 amide bonds. The van der Waals surface area contributed by atoms with Crippen LogP contribution in [0.3, 0.4) is 0 Å². The van der Waals surface area contributed by atoms with Crippen molar-refractivity contribution in [3.05, 3.63) is 90.1 Å². The van der Waals surface area contributed by atoms with Crippen LogP contribution in [-0.2, 0) is 16.0 Å². The monoisotopic (exact) mass is 584 g/mol. The first kappa shape index (κ1) is 30.6. The number of hydrogen-bond acceptors (Lipinski definition) is 4. The number of Topliss-reactive ketones (excluding diaryl/α,β-unsaturated/α-hetero) is 1. The fourth-order valence-corrected chi connectivity index (χ4v) is 6.76. The molecule has 0 radical (unpaired) electrons. The molecule has 3 aromatic rings. The third kappa shape index (κ3) is 4.43. The van der Waals surface area contributed by atoms with Gasteiger partial charge in [-0.2, -0.15) is 11.4 Å². The summed E-state index contributed by atoms with van der Waals surface area (Å²) in [5, 5.41) is 6.22. The zero-order chi connectivity index (χ0) is 30.0. The van der Waals surface area contributed by atoms with E-state index in [2.05, 4.69) is 20.4 Å². The first-order valence-corrected chi connectivity index (χ1v) is 14.3. The van der Waals surface area contributed by atoms with Crippen molar-refractivity contribution in [3.63, 3.8) is 0 Å². The van der Waals surface area contributed by atoms with Gasteiger partial charge in [0, 0.05) is 11.1 Å². The number of aromatic nitrogens is 3. The molecule has 6 rings (SSSR count). The van der Waals surface area contributed by atoms with E-state index >= 15 is 0 Å². The molecule has 216 valence electrons. The molecule has 1 aliphatic carbocycles. The van der Waals surface area contributed by atoms with Crippen LogP contribution in [0.2, 0.25) is 0 Å². The van der Waals surface area contributed by atoms with E-state index < -0.39 is 11.9 Å². The number of rotatable bonds is 5. The molecule has 8 nitrogen and oxygen atoms in total. The van der Waals surface area contributed by atoms with E-state index in [0.717, 1.165) is 40.8 Å². The van der Waals surface area contributed by atoms with Crippen molar-refractivity contribution >= 4 is 71.0 Å². The quantitative estimate of drug-likeness (QED) is 0.195. The zero-order valence-electron chi connectivity index (χ0n) is 25.4. The minimum atomic E-state index is -1.12. The normalized spacial score (nSPS) is 24.6. The molecule has 3 aromatic heterocycles. The Morgan fingerprint density at radius 3 is 2.33 bits per heavy atom. The summed E-state index contributed by atoms with van der Waals surface area (Å²) in [4.78, 5) is 54.0. The van der Waals surface area contributed by atoms with Crippen LogP contribution in [-0.4, -0.2) is 48.2 Å². The summed E-state index contributed by atoms with van der Waals surface area (Å²) in [5.41, 5.74) is 8.67. The van der Waals surface area contributed by atoms with Gasteiger partial charge in [-0.05, 0) is 37.7 Å². The molecule has 0 saturated carbocycles. The smallest absolute Gasteiger partial charge is 0.664 e. The first-order chi connectivity index (χ1) is 20.2. The molecule has 1 fully saturated rings. The summed E-state index contributed by atoms with van der Waals surface area (Å²) in [6.45, 7) is 14.0. The predicted octanol–water partition coefficient (Wildman–Crippen LogP) is 3.57. The van der Waals surface area contributed by atoms with Crippen molar-refractivity contribution in [2.24, 2.45) is 17.8 Å². The Hall–Kier alpha value is -3.82. The van der Waals surface area contributed by atoms with E-state index in [1.807, 2.05) is 39.0 Å². The Balaban J connectivity index is 0.00000368.